The molecule has 2 heterocycles. The maximum Gasteiger partial charge on any atom is 0.258 e. The minimum Gasteiger partial charge on any atom is -0.486 e. The Labute approximate surface area is 173 Å². The number of ether oxygens (including phenoxy) is 1. The molecule has 0 fully saturated rings. The number of hydrogen-bond acceptors (Lipinski definition) is 6. The Kier molecular flexibility index (Phi) is 5.56. The molecule has 0 bridgehead atoms. The van der Waals surface area contributed by atoms with Crippen LogP contribution in [0.3, 0.4) is 0 Å². The lowest BCUT2D eigenvalue weighted by Gasteiger charge is -2.12. The molecule has 0 aliphatic heterocycles. The van der Waals surface area contributed by atoms with Gasteiger partial charge in [0.25, 0.3) is 5.91 Å². The van der Waals surface area contributed by atoms with E-state index in [2.05, 4.69) is 25.8 Å². The van der Waals surface area contributed by atoms with Crippen molar-refractivity contribution >= 4 is 22.9 Å². The van der Waals surface area contributed by atoms with E-state index in [4.69, 9.17) is 4.74 Å². The van der Waals surface area contributed by atoms with E-state index < -0.39 is 0 Å². The molecule has 0 spiro atoms. The van der Waals surface area contributed by atoms with E-state index in [1.807, 2.05) is 79.1 Å². The van der Waals surface area contributed by atoms with Crippen molar-refractivity contribution in [3.63, 3.8) is 0 Å². The zero-order valence-electron chi connectivity index (χ0n) is 16.8. The summed E-state index contributed by atoms with van der Waals surface area (Å²) in [7, 11) is 0. The number of hydrogen-bond donors (Lipinski definition) is 2. The highest BCUT2D eigenvalue weighted by Gasteiger charge is 2.14. The molecule has 8 heteroatoms. The molecule has 0 aliphatic rings. The van der Waals surface area contributed by atoms with Crippen LogP contribution in [0, 0.1) is 13.8 Å². The molecule has 0 aliphatic carbocycles. The summed E-state index contributed by atoms with van der Waals surface area (Å²) in [5, 5.41) is 0. The highest BCUT2D eigenvalue weighted by Crippen LogP contribution is 2.18. The van der Waals surface area contributed by atoms with Gasteiger partial charge in [0, 0.05) is 11.4 Å². The van der Waals surface area contributed by atoms with Crippen molar-refractivity contribution in [3.05, 3.63) is 77.9 Å². The van der Waals surface area contributed by atoms with Crippen LogP contribution < -0.4 is 15.6 Å². The number of anilines is 1. The second kappa shape index (κ2) is 8.60. The smallest absolute Gasteiger partial charge is 0.258 e. The SMILES string of the molecule is Cc1cc(C)nc(NNC(=O)Cn2c(COc3ccccc3)nc3ccccc32)n1. The molecule has 8 nitrogen and oxygen atoms in total. The number of carbonyl (C=O) groups excluding carboxylic acids is 1. The number of carbonyl (C=O) groups is 1. The van der Waals surface area contributed by atoms with Crippen molar-refractivity contribution < 1.29 is 9.53 Å². The van der Waals surface area contributed by atoms with Crippen LogP contribution in [-0.2, 0) is 17.9 Å². The van der Waals surface area contributed by atoms with Gasteiger partial charge in [-0.2, -0.15) is 0 Å². The summed E-state index contributed by atoms with van der Waals surface area (Å²) in [6.45, 7) is 4.07. The predicted molar refractivity (Wildman–Crippen MR) is 114 cm³/mol. The lowest BCUT2D eigenvalue weighted by atomic mass is 10.3. The summed E-state index contributed by atoms with van der Waals surface area (Å²) in [4.78, 5) is 25.8. The number of rotatable bonds is 7. The highest BCUT2D eigenvalue weighted by molar-refractivity contribution is 5.81. The number of aromatic nitrogens is 4. The Morgan fingerprint density at radius 3 is 2.43 bits per heavy atom. The third-order valence-electron chi connectivity index (χ3n) is 4.44. The van der Waals surface area contributed by atoms with E-state index in [9.17, 15) is 4.79 Å². The first-order valence-corrected chi connectivity index (χ1v) is 9.57. The number of amides is 1. The van der Waals surface area contributed by atoms with Gasteiger partial charge < -0.3 is 9.30 Å². The molecule has 2 N–H and O–H groups in total. The number of hydrazine groups is 1. The summed E-state index contributed by atoms with van der Waals surface area (Å²) < 4.78 is 7.69. The van der Waals surface area contributed by atoms with Gasteiger partial charge in [0.15, 0.2) is 0 Å². The molecule has 0 unspecified atom stereocenters. The van der Waals surface area contributed by atoms with Crippen LogP contribution >= 0.6 is 0 Å². The second-order valence-electron chi connectivity index (χ2n) is 6.85. The van der Waals surface area contributed by atoms with E-state index in [0.29, 0.717) is 11.8 Å². The van der Waals surface area contributed by atoms with Gasteiger partial charge in [-0.25, -0.2) is 15.0 Å². The Morgan fingerprint density at radius 2 is 1.67 bits per heavy atom. The molecule has 1 amide bonds. The summed E-state index contributed by atoms with van der Waals surface area (Å²) >= 11 is 0. The van der Waals surface area contributed by atoms with E-state index in [1.54, 1.807) is 0 Å². The van der Waals surface area contributed by atoms with Gasteiger partial charge in [-0.3, -0.25) is 15.6 Å². The number of imidazole rings is 1. The van der Waals surface area contributed by atoms with Crippen LogP contribution in [0.25, 0.3) is 11.0 Å². The van der Waals surface area contributed by atoms with E-state index in [0.717, 1.165) is 28.2 Å². The zero-order valence-corrected chi connectivity index (χ0v) is 16.8. The fraction of sp³-hybridized carbons (Fsp3) is 0.182. The molecule has 152 valence electrons. The Hall–Kier alpha value is -3.94. The van der Waals surface area contributed by atoms with Gasteiger partial charge in [-0.1, -0.05) is 30.3 Å². The van der Waals surface area contributed by atoms with Gasteiger partial charge in [-0.05, 0) is 44.2 Å². The van der Waals surface area contributed by atoms with Gasteiger partial charge in [0.2, 0.25) is 5.95 Å². The molecule has 4 aromatic rings. The summed E-state index contributed by atoms with van der Waals surface area (Å²) in [5.74, 6) is 1.51. The first-order valence-electron chi connectivity index (χ1n) is 9.57. The van der Waals surface area contributed by atoms with Crippen LogP contribution in [0.1, 0.15) is 17.2 Å². The number of benzene rings is 2. The van der Waals surface area contributed by atoms with E-state index in [-0.39, 0.29) is 19.1 Å². The van der Waals surface area contributed by atoms with Crippen molar-refractivity contribution in [1.29, 1.82) is 0 Å². The minimum absolute atomic E-state index is 0.0752. The molecule has 2 aromatic carbocycles. The van der Waals surface area contributed by atoms with Crippen molar-refractivity contribution in [2.75, 3.05) is 5.43 Å². The van der Waals surface area contributed by atoms with Crippen LogP contribution in [0.4, 0.5) is 5.95 Å². The number of para-hydroxylation sites is 3. The maximum atomic E-state index is 12.6. The minimum atomic E-state index is -0.248. The van der Waals surface area contributed by atoms with E-state index >= 15 is 0 Å². The first-order chi connectivity index (χ1) is 14.6. The van der Waals surface area contributed by atoms with Crippen LogP contribution in [0.5, 0.6) is 5.75 Å². The monoisotopic (exact) mass is 402 g/mol. The summed E-state index contributed by atoms with van der Waals surface area (Å²) in [6.07, 6.45) is 0. The normalized spacial score (nSPS) is 10.7. The number of nitrogens with one attached hydrogen (secondary N) is 2. The molecule has 0 saturated carbocycles. The average Bonchev–Trinajstić information content (AvgIpc) is 3.08. The first kappa shape index (κ1) is 19.4. The number of nitrogens with zero attached hydrogens (tertiary/aromatic N) is 4. The molecule has 2 aromatic heterocycles. The quantitative estimate of drug-likeness (QED) is 0.461. The van der Waals surface area contributed by atoms with Crippen molar-refractivity contribution in [1.82, 2.24) is 24.9 Å². The summed E-state index contributed by atoms with van der Waals surface area (Å²) in [5.41, 5.74) is 8.74. The molecular formula is C22H22N6O2. The fourth-order valence-electron chi connectivity index (χ4n) is 3.17. The third kappa shape index (κ3) is 4.54. The molecule has 0 saturated heterocycles. The van der Waals surface area contributed by atoms with Gasteiger partial charge >= 0.3 is 0 Å². The largest absolute Gasteiger partial charge is 0.486 e. The predicted octanol–water partition coefficient (Wildman–Crippen LogP) is 3.17. The Bertz CT molecular complexity index is 1150. The van der Waals surface area contributed by atoms with E-state index in [1.165, 1.54) is 0 Å². The van der Waals surface area contributed by atoms with Gasteiger partial charge in [-0.15, -0.1) is 0 Å². The van der Waals surface area contributed by atoms with Crippen LogP contribution in [-0.4, -0.2) is 25.4 Å². The second-order valence-corrected chi connectivity index (χ2v) is 6.85. The van der Waals surface area contributed by atoms with Crippen molar-refractivity contribution in [2.45, 2.75) is 27.0 Å². The highest BCUT2D eigenvalue weighted by atomic mass is 16.5. The molecule has 0 atom stereocenters. The fourth-order valence-corrected chi connectivity index (χ4v) is 3.17. The lowest BCUT2D eigenvalue weighted by Crippen LogP contribution is -2.33. The number of aryl methyl sites for hydroxylation is 2. The Balaban J connectivity index is 1.49. The third-order valence-corrected chi connectivity index (χ3v) is 4.44. The molecular weight excluding hydrogens is 380 g/mol. The maximum absolute atomic E-state index is 12.6. The Morgan fingerprint density at radius 1 is 0.967 bits per heavy atom. The summed E-state index contributed by atoms with van der Waals surface area (Å²) in [6, 6.07) is 19.1. The average molecular weight is 402 g/mol. The van der Waals surface area contributed by atoms with Crippen LogP contribution in [0.15, 0.2) is 60.7 Å². The lowest BCUT2D eigenvalue weighted by molar-refractivity contribution is -0.121. The zero-order chi connectivity index (χ0) is 20.9. The van der Waals surface area contributed by atoms with Gasteiger partial charge in [0.1, 0.15) is 24.7 Å². The topological polar surface area (TPSA) is 94.0 Å². The molecule has 4 rings (SSSR count). The van der Waals surface area contributed by atoms with Gasteiger partial charge in [0.05, 0.1) is 11.0 Å². The standard InChI is InChI=1S/C22H22N6O2/c1-15-12-16(2)24-22(23-15)27-26-21(29)13-28-19-11-7-6-10-18(19)25-20(28)14-30-17-8-4-3-5-9-17/h3-12H,13-14H2,1-2H3,(H,26,29)(H,23,24,27). The van der Waals surface area contributed by atoms with Crippen LogP contribution in [0.2, 0.25) is 0 Å². The van der Waals surface area contributed by atoms with Crippen molar-refractivity contribution in [2.24, 2.45) is 0 Å². The molecule has 30 heavy (non-hydrogen) atoms. The van der Waals surface area contributed by atoms with Crippen molar-refractivity contribution in [3.8, 4) is 5.75 Å². The molecule has 0 radical (unpaired) electrons. The number of fused-ring (bicyclic) bond motifs is 1.